The summed E-state index contributed by atoms with van der Waals surface area (Å²) in [4.78, 5) is 21.6. The highest BCUT2D eigenvalue weighted by molar-refractivity contribution is 5.95. The van der Waals surface area contributed by atoms with E-state index in [1.54, 1.807) is 12.4 Å². The van der Waals surface area contributed by atoms with E-state index in [2.05, 4.69) is 15.6 Å². The summed E-state index contributed by atoms with van der Waals surface area (Å²) in [5.74, 6) is 0.713. The number of rotatable bonds is 6. The van der Waals surface area contributed by atoms with E-state index in [4.69, 9.17) is 9.72 Å². The van der Waals surface area contributed by atoms with Crippen molar-refractivity contribution in [1.29, 1.82) is 0 Å². The van der Waals surface area contributed by atoms with Gasteiger partial charge in [0.05, 0.1) is 12.3 Å². The molecular weight excluding hydrogens is 390 g/mol. The topological polar surface area (TPSA) is 80.5 Å². The van der Waals surface area contributed by atoms with Crippen LogP contribution in [-0.2, 0) is 4.74 Å². The summed E-state index contributed by atoms with van der Waals surface area (Å²) in [5.41, 5.74) is 3.97. The maximum atomic E-state index is 12.6. The molecule has 4 aromatic rings. The summed E-state index contributed by atoms with van der Waals surface area (Å²) >= 11 is 0. The smallest absolute Gasteiger partial charge is 0.251 e. The van der Waals surface area contributed by atoms with Crippen LogP contribution in [0.1, 0.15) is 23.2 Å². The van der Waals surface area contributed by atoms with E-state index in [0.717, 1.165) is 47.9 Å². The van der Waals surface area contributed by atoms with Gasteiger partial charge in [0.1, 0.15) is 11.5 Å². The largest absolute Gasteiger partial charge is 0.376 e. The lowest BCUT2D eigenvalue weighted by molar-refractivity contribution is 0.0858. The first-order valence-electron chi connectivity index (χ1n) is 10.4. The SMILES string of the molecule is O=C(NC[C@@H]1CCCO1)c1cccc(Nc2c(-c3ccccc3)nc3cnccn23)c1. The molecule has 1 saturated heterocycles. The maximum absolute atomic E-state index is 12.6. The van der Waals surface area contributed by atoms with Crippen LogP contribution in [0.4, 0.5) is 11.5 Å². The molecule has 1 atom stereocenters. The zero-order valence-corrected chi connectivity index (χ0v) is 17.0. The summed E-state index contributed by atoms with van der Waals surface area (Å²) in [6.07, 6.45) is 7.49. The van der Waals surface area contributed by atoms with Crippen molar-refractivity contribution in [2.75, 3.05) is 18.5 Å². The summed E-state index contributed by atoms with van der Waals surface area (Å²) in [7, 11) is 0. The third-order valence-electron chi connectivity index (χ3n) is 5.38. The van der Waals surface area contributed by atoms with Gasteiger partial charge in [0.2, 0.25) is 0 Å². The monoisotopic (exact) mass is 413 g/mol. The minimum absolute atomic E-state index is 0.107. The van der Waals surface area contributed by atoms with E-state index in [1.807, 2.05) is 65.2 Å². The lowest BCUT2D eigenvalue weighted by Crippen LogP contribution is -2.31. The van der Waals surface area contributed by atoms with E-state index in [0.29, 0.717) is 12.1 Å². The van der Waals surface area contributed by atoms with E-state index in [-0.39, 0.29) is 12.0 Å². The molecule has 0 radical (unpaired) electrons. The number of anilines is 2. The molecule has 31 heavy (non-hydrogen) atoms. The fourth-order valence-corrected chi connectivity index (χ4v) is 3.81. The Morgan fingerprint density at radius 2 is 2.06 bits per heavy atom. The van der Waals surface area contributed by atoms with Crippen LogP contribution in [0.2, 0.25) is 0 Å². The number of hydrogen-bond donors (Lipinski definition) is 2. The highest BCUT2D eigenvalue weighted by Gasteiger charge is 2.18. The van der Waals surface area contributed by atoms with E-state index in [9.17, 15) is 4.79 Å². The number of imidazole rings is 1. The van der Waals surface area contributed by atoms with Gasteiger partial charge in [-0.25, -0.2) is 4.98 Å². The molecule has 1 amide bonds. The number of nitrogens with one attached hydrogen (secondary N) is 2. The fraction of sp³-hybridized carbons (Fsp3) is 0.208. The van der Waals surface area contributed by atoms with E-state index < -0.39 is 0 Å². The van der Waals surface area contributed by atoms with Gasteiger partial charge >= 0.3 is 0 Å². The quantitative estimate of drug-likeness (QED) is 0.499. The Morgan fingerprint density at radius 1 is 1.16 bits per heavy atom. The van der Waals surface area contributed by atoms with Crippen LogP contribution in [0.3, 0.4) is 0 Å². The average Bonchev–Trinajstić information content (AvgIpc) is 3.47. The third kappa shape index (κ3) is 4.13. The van der Waals surface area contributed by atoms with E-state index >= 15 is 0 Å². The van der Waals surface area contributed by atoms with Crippen molar-refractivity contribution < 1.29 is 9.53 Å². The minimum atomic E-state index is -0.107. The Morgan fingerprint density at radius 3 is 2.90 bits per heavy atom. The zero-order valence-electron chi connectivity index (χ0n) is 17.0. The molecule has 1 aliphatic heterocycles. The van der Waals surface area contributed by atoms with Crippen LogP contribution >= 0.6 is 0 Å². The summed E-state index contributed by atoms with van der Waals surface area (Å²) < 4.78 is 7.55. The predicted molar refractivity (Wildman–Crippen MR) is 119 cm³/mol. The first-order chi connectivity index (χ1) is 15.3. The van der Waals surface area contributed by atoms with Gasteiger partial charge in [-0.1, -0.05) is 36.4 Å². The molecule has 2 N–H and O–H groups in total. The normalized spacial score (nSPS) is 15.8. The van der Waals surface area contributed by atoms with Crippen molar-refractivity contribution in [2.24, 2.45) is 0 Å². The average molecular weight is 413 g/mol. The molecule has 2 aromatic carbocycles. The predicted octanol–water partition coefficient (Wildman–Crippen LogP) is 4.05. The molecule has 1 fully saturated rings. The van der Waals surface area contributed by atoms with Crippen LogP contribution in [0.25, 0.3) is 16.9 Å². The zero-order chi connectivity index (χ0) is 21.0. The molecule has 156 valence electrons. The van der Waals surface area contributed by atoms with Gasteiger partial charge in [0.25, 0.3) is 5.91 Å². The maximum Gasteiger partial charge on any atom is 0.251 e. The lowest BCUT2D eigenvalue weighted by Gasteiger charge is -2.12. The summed E-state index contributed by atoms with van der Waals surface area (Å²) in [5, 5.41) is 6.43. The van der Waals surface area contributed by atoms with Crippen molar-refractivity contribution in [2.45, 2.75) is 18.9 Å². The molecule has 0 aliphatic carbocycles. The van der Waals surface area contributed by atoms with Crippen molar-refractivity contribution in [1.82, 2.24) is 19.7 Å². The standard InChI is InChI=1S/C24H23N5O2/c30-24(26-15-20-10-5-13-31-20)18-8-4-9-19(14-18)27-23-22(17-6-2-1-3-7-17)28-21-16-25-11-12-29(21)23/h1-4,6-9,11-12,14,16,20,27H,5,10,13,15H2,(H,26,30)/t20-/m0/s1. The van der Waals surface area contributed by atoms with Gasteiger partial charge in [0.15, 0.2) is 5.65 Å². The van der Waals surface area contributed by atoms with Gasteiger partial charge in [0, 0.05) is 42.4 Å². The Bertz CT molecular complexity index is 1200. The molecule has 5 rings (SSSR count). The summed E-state index contributed by atoms with van der Waals surface area (Å²) in [6, 6.07) is 17.5. The Hall–Kier alpha value is -3.71. The molecule has 0 saturated carbocycles. The highest BCUT2D eigenvalue weighted by Crippen LogP contribution is 2.31. The lowest BCUT2D eigenvalue weighted by atomic mass is 10.1. The molecule has 7 heteroatoms. The van der Waals surface area contributed by atoms with Crippen molar-refractivity contribution in [3.05, 3.63) is 78.8 Å². The van der Waals surface area contributed by atoms with Crippen molar-refractivity contribution >= 4 is 23.1 Å². The van der Waals surface area contributed by atoms with Gasteiger partial charge < -0.3 is 15.4 Å². The molecule has 0 spiro atoms. The number of benzene rings is 2. The highest BCUT2D eigenvalue weighted by atomic mass is 16.5. The van der Waals surface area contributed by atoms with Crippen LogP contribution in [0.5, 0.6) is 0 Å². The fourth-order valence-electron chi connectivity index (χ4n) is 3.81. The van der Waals surface area contributed by atoms with Gasteiger partial charge in [-0.3, -0.25) is 14.2 Å². The van der Waals surface area contributed by atoms with Crippen molar-refractivity contribution in [3.63, 3.8) is 0 Å². The Balaban J connectivity index is 1.42. The van der Waals surface area contributed by atoms with Crippen LogP contribution in [0.15, 0.2) is 73.2 Å². The number of ether oxygens (including phenoxy) is 1. The molecule has 7 nitrogen and oxygen atoms in total. The Kier molecular flexibility index (Phi) is 5.33. The first kappa shape index (κ1) is 19.3. The van der Waals surface area contributed by atoms with Gasteiger partial charge in [-0.05, 0) is 31.0 Å². The van der Waals surface area contributed by atoms with E-state index in [1.165, 1.54) is 0 Å². The number of aromatic nitrogens is 3. The minimum Gasteiger partial charge on any atom is -0.376 e. The summed E-state index contributed by atoms with van der Waals surface area (Å²) in [6.45, 7) is 1.31. The number of hydrogen-bond acceptors (Lipinski definition) is 5. The van der Waals surface area contributed by atoms with Crippen LogP contribution in [-0.4, -0.2) is 39.5 Å². The second-order valence-electron chi connectivity index (χ2n) is 7.53. The second-order valence-corrected chi connectivity index (χ2v) is 7.53. The molecule has 3 heterocycles. The number of fused-ring (bicyclic) bond motifs is 1. The first-order valence-corrected chi connectivity index (χ1v) is 10.4. The molecule has 0 bridgehead atoms. The van der Waals surface area contributed by atoms with Crippen molar-refractivity contribution in [3.8, 4) is 11.3 Å². The molecule has 2 aromatic heterocycles. The molecule has 1 aliphatic rings. The number of amides is 1. The molecular formula is C24H23N5O2. The number of carbonyl (C=O) groups is 1. The number of carbonyl (C=O) groups excluding carboxylic acids is 1. The van der Waals surface area contributed by atoms with Crippen LogP contribution < -0.4 is 10.6 Å². The third-order valence-corrected chi connectivity index (χ3v) is 5.38. The van der Waals surface area contributed by atoms with Crippen LogP contribution in [0, 0.1) is 0 Å². The number of nitrogens with zero attached hydrogens (tertiary/aromatic N) is 3. The van der Waals surface area contributed by atoms with Gasteiger partial charge in [-0.15, -0.1) is 0 Å². The molecule has 0 unspecified atom stereocenters. The van der Waals surface area contributed by atoms with Gasteiger partial charge in [-0.2, -0.15) is 0 Å². The second kappa shape index (κ2) is 8.57. The Labute approximate surface area is 180 Å².